The summed E-state index contributed by atoms with van der Waals surface area (Å²) in [4.78, 5) is 17.6. The lowest BCUT2D eigenvalue weighted by Crippen LogP contribution is -2.37. The maximum absolute atomic E-state index is 12.4. The van der Waals surface area contributed by atoms with Crippen LogP contribution in [0.15, 0.2) is 46.3 Å². The fraction of sp³-hybridized carbons (Fsp3) is 0.278. The van der Waals surface area contributed by atoms with Crippen molar-refractivity contribution in [1.82, 2.24) is 15.5 Å². The number of nitrogens with zero attached hydrogens (tertiary/aromatic N) is 2. The molecule has 0 aliphatic heterocycles. The minimum absolute atomic E-state index is 0.152. The van der Waals surface area contributed by atoms with Crippen LogP contribution in [-0.2, 0) is 11.3 Å². The molecule has 1 amide bonds. The first-order valence-electron chi connectivity index (χ1n) is 8.14. The zero-order valence-corrected chi connectivity index (χ0v) is 15.3. The molecule has 0 spiro atoms. The molecule has 7 nitrogen and oxygen atoms in total. The van der Waals surface area contributed by atoms with Gasteiger partial charge in [-0.2, -0.15) is 4.98 Å². The van der Waals surface area contributed by atoms with Gasteiger partial charge >= 0.3 is 0 Å². The minimum atomic E-state index is -0.608. The second-order valence-corrected chi connectivity index (χ2v) is 6.34. The highest BCUT2D eigenvalue weighted by atomic mass is 32.1. The Morgan fingerprint density at radius 1 is 1.27 bits per heavy atom. The summed E-state index contributed by atoms with van der Waals surface area (Å²) in [6.07, 6.45) is -0.0784. The lowest BCUT2D eigenvalue weighted by atomic mass is 10.2. The lowest BCUT2D eigenvalue weighted by molar-refractivity contribution is -0.128. The van der Waals surface area contributed by atoms with Gasteiger partial charge < -0.3 is 19.3 Å². The summed E-state index contributed by atoms with van der Waals surface area (Å²) in [5.74, 6) is 1.96. The Bertz CT molecular complexity index is 831. The molecule has 8 heteroatoms. The molecule has 0 saturated carbocycles. The zero-order chi connectivity index (χ0) is 18.4. The van der Waals surface area contributed by atoms with E-state index < -0.39 is 6.10 Å². The normalized spacial score (nSPS) is 11.8. The number of hydrogen-bond donors (Lipinski definition) is 1. The average Bonchev–Trinajstić information content (AvgIpc) is 3.36. The monoisotopic (exact) mass is 373 g/mol. The van der Waals surface area contributed by atoms with E-state index in [1.807, 2.05) is 24.4 Å². The molecular weight excluding hydrogens is 354 g/mol. The van der Waals surface area contributed by atoms with E-state index >= 15 is 0 Å². The van der Waals surface area contributed by atoms with Crippen molar-refractivity contribution in [3.63, 3.8) is 0 Å². The van der Waals surface area contributed by atoms with Crippen LogP contribution in [0.25, 0.3) is 10.7 Å². The van der Waals surface area contributed by atoms with Crippen LogP contribution in [0.3, 0.4) is 0 Å². The lowest BCUT2D eigenvalue weighted by Gasteiger charge is -2.16. The van der Waals surface area contributed by atoms with Crippen LogP contribution < -0.4 is 14.8 Å². The first-order valence-corrected chi connectivity index (χ1v) is 9.02. The van der Waals surface area contributed by atoms with E-state index in [4.69, 9.17) is 14.0 Å². The Balaban J connectivity index is 1.55. The Kier molecular flexibility index (Phi) is 5.85. The van der Waals surface area contributed by atoms with Crippen LogP contribution in [0.5, 0.6) is 11.5 Å². The van der Waals surface area contributed by atoms with Gasteiger partial charge in [-0.25, -0.2) is 0 Å². The number of ether oxygens (including phenoxy) is 2. The van der Waals surface area contributed by atoms with Crippen LogP contribution in [-0.4, -0.2) is 29.3 Å². The van der Waals surface area contributed by atoms with Crippen molar-refractivity contribution >= 4 is 17.2 Å². The molecule has 2 heterocycles. The van der Waals surface area contributed by atoms with Crippen LogP contribution in [0, 0.1) is 0 Å². The topological polar surface area (TPSA) is 86.5 Å². The van der Waals surface area contributed by atoms with Gasteiger partial charge in [-0.15, -0.1) is 11.3 Å². The Hall–Kier alpha value is -2.87. The molecule has 1 N–H and O–H groups in total. The summed E-state index contributed by atoms with van der Waals surface area (Å²) >= 11 is 1.52. The van der Waals surface area contributed by atoms with Gasteiger partial charge in [-0.05, 0) is 42.1 Å². The van der Waals surface area contributed by atoms with Gasteiger partial charge in [0.1, 0.15) is 11.5 Å². The van der Waals surface area contributed by atoms with Crippen LogP contribution in [0.2, 0.25) is 0 Å². The SMILES string of the molecule is CC[C@@H](Oc1ccc(OC)cc1)C(=O)NCc1nc(-c2cccs2)no1. The number of amides is 1. The first kappa shape index (κ1) is 17.9. The van der Waals surface area contributed by atoms with E-state index in [2.05, 4.69) is 15.5 Å². The fourth-order valence-corrected chi connectivity index (χ4v) is 2.90. The summed E-state index contributed by atoms with van der Waals surface area (Å²) in [5, 5.41) is 8.63. The molecule has 1 aromatic carbocycles. The maximum Gasteiger partial charge on any atom is 0.261 e. The predicted octanol–water partition coefficient (Wildman–Crippen LogP) is 3.28. The van der Waals surface area contributed by atoms with Crippen molar-refractivity contribution in [3.8, 4) is 22.2 Å². The fourth-order valence-electron chi connectivity index (χ4n) is 2.25. The van der Waals surface area contributed by atoms with Gasteiger partial charge in [0.15, 0.2) is 6.10 Å². The van der Waals surface area contributed by atoms with E-state index in [1.165, 1.54) is 11.3 Å². The highest BCUT2D eigenvalue weighted by molar-refractivity contribution is 7.13. The smallest absolute Gasteiger partial charge is 0.261 e. The zero-order valence-electron chi connectivity index (χ0n) is 14.5. The van der Waals surface area contributed by atoms with Gasteiger partial charge in [-0.1, -0.05) is 18.1 Å². The standard InChI is InChI=1S/C18H19N3O4S/c1-3-14(24-13-8-6-12(23-2)7-9-13)18(22)19-11-16-20-17(21-25-16)15-5-4-10-26-15/h4-10,14H,3,11H2,1-2H3,(H,19,22)/t14-/m1/s1. The van der Waals surface area contributed by atoms with Gasteiger partial charge in [0, 0.05) is 0 Å². The molecule has 3 rings (SSSR count). The van der Waals surface area contributed by atoms with Crippen LogP contribution >= 0.6 is 11.3 Å². The number of aromatic nitrogens is 2. The van der Waals surface area contributed by atoms with Gasteiger partial charge in [0.25, 0.3) is 5.91 Å². The summed E-state index contributed by atoms with van der Waals surface area (Å²) < 4.78 is 16.0. The maximum atomic E-state index is 12.4. The molecule has 0 radical (unpaired) electrons. The van der Waals surface area contributed by atoms with Crippen molar-refractivity contribution in [2.24, 2.45) is 0 Å². The summed E-state index contributed by atoms with van der Waals surface area (Å²) in [7, 11) is 1.60. The molecule has 0 aliphatic rings. The molecule has 26 heavy (non-hydrogen) atoms. The van der Waals surface area contributed by atoms with E-state index in [9.17, 15) is 4.79 Å². The quantitative estimate of drug-likeness (QED) is 0.652. The largest absolute Gasteiger partial charge is 0.497 e. The number of thiophene rings is 1. The third-order valence-electron chi connectivity index (χ3n) is 3.62. The third-order valence-corrected chi connectivity index (χ3v) is 4.49. The first-order chi connectivity index (χ1) is 12.7. The van der Waals surface area contributed by atoms with Crippen LogP contribution in [0.1, 0.15) is 19.2 Å². The van der Waals surface area contributed by atoms with Crippen molar-refractivity contribution in [2.75, 3.05) is 7.11 Å². The second-order valence-electron chi connectivity index (χ2n) is 5.40. The van der Waals surface area contributed by atoms with Crippen molar-refractivity contribution < 1.29 is 18.8 Å². The van der Waals surface area contributed by atoms with Gasteiger partial charge in [0.05, 0.1) is 18.5 Å². The van der Waals surface area contributed by atoms with Gasteiger partial charge in [0.2, 0.25) is 11.7 Å². The molecule has 0 unspecified atom stereocenters. The molecule has 3 aromatic rings. The van der Waals surface area contributed by atoms with E-state index in [1.54, 1.807) is 31.4 Å². The van der Waals surface area contributed by atoms with E-state index in [-0.39, 0.29) is 12.5 Å². The number of nitrogens with one attached hydrogen (secondary N) is 1. The third kappa shape index (κ3) is 4.40. The number of rotatable bonds is 8. The minimum Gasteiger partial charge on any atom is -0.497 e. The molecule has 0 saturated heterocycles. The Morgan fingerprint density at radius 3 is 2.69 bits per heavy atom. The van der Waals surface area contributed by atoms with Crippen molar-refractivity contribution in [2.45, 2.75) is 26.0 Å². The van der Waals surface area contributed by atoms with Crippen LogP contribution in [0.4, 0.5) is 0 Å². The number of methoxy groups -OCH3 is 1. The molecule has 0 bridgehead atoms. The molecule has 0 fully saturated rings. The second kappa shape index (κ2) is 8.48. The Labute approximate surface area is 154 Å². The molecule has 2 aromatic heterocycles. The highest BCUT2D eigenvalue weighted by Gasteiger charge is 2.19. The molecule has 0 aliphatic carbocycles. The van der Waals surface area contributed by atoms with Crippen molar-refractivity contribution in [1.29, 1.82) is 0 Å². The highest BCUT2D eigenvalue weighted by Crippen LogP contribution is 2.21. The summed E-state index contributed by atoms with van der Waals surface area (Å²) in [5.41, 5.74) is 0. The predicted molar refractivity (Wildman–Crippen MR) is 97.2 cm³/mol. The summed E-state index contributed by atoms with van der Waals surface area (Å²) in [6.45, 7) is 2.04. The van der Waals surface area contributed by atoms with Crippen molar-refractivity contribution in [3.05, 3.63) is 47.7 Å². The average molecular weight is 373 g/mol. The number of carbonyl (C=O) groups excluding carboxylic acids is 1. The Morgan fingerprint density at radius 2 is 2.04 bits per heavy atom. The number of hydrogen-bond acceptors (Lipinski definition) is 7. The molecule has 136 valence electrons. The molecular formula is C18H19N3O4S. The van der Waals surface area contributed by atoms with E-state index in [0.717, 1.165) is 10.6 Å². The number of benzene rings is 1. The summed E-state index contributed by atoms with van der Waals surface area (Å²) in [6, 6.07) is 10.9. The van der Waals surface area contributed by atoms with E-state index in [0.29, 0.717) is 23.9 Å². The molecule has 1 atom stereocenters. The number of carbonyl (C=O) groups is 1. The van der Waals surface area contributed by atoms with Gasteiger partial charge in [-0.3, -0.25) is 4.79 Å².